The summed E-state index contributed by atoms with van der Waals surface area (Å²) in [4.78, 5) is 8.73. The topological polar surface area (TPSA) is 95.2 Å². The van der Waals surface area contributed by atoms with Gasteiger partial charge < -0.3 is 14.6 Å². The highest BCUT2D eigenvalue weighted by Gasteiger charge is 2.29. The standard InChI is InChI=1S/C16H21N5O3/c1-21-11(9-24-13-4-2-3-7-23-13)15(19-20-21)16-17-8-12(22)14(18-16)10-5-6-10/h8,10,13,22H,2-7,9H2,1H3. The van der Waals surface area contributed by atoms with Crippen molar-refractivity contribution < 1.29 is 14.6 Å². The van der Waals surface area contributed by atoms with Gasteiger partial charge in [0.05, 0.1) is 24.2 Å². The summed E-state index contributed by atoms with van der Waals surface area (Å²) in [5.74, 6) is 0.961. The monoisotopic (exact) mass is 331 g/mol. The third-order valence-corrected chi connectivity index (χ3v) is 4.46. The van der Waals surface area contributed by atoms with E-state index in [0.29, 0.717) is 29.7 Å². The first-order valence-electron chi connectivity index (χ1n) is 8.40. The molecule has 2 aromatic rings. The molecule has 8 nitrogen and oxygen atoms in total. The van der Waals surface area contributed by atoms with Crippen LogP contribution in [-0.2, 0) is 23.1 Å². The molecule has 8 heteroatoms. The molecule has 1 unspecified atom stereocenters. The van der Waals surface area contributed by atoms with Gasteiger partial charge in [0, 0.05) is 19.6 Å². The fourth-order valence-corrected chi connectivity index (χ4v) is 2.89. The van der Waals surface area contributed by atoms with Gasteiger partial charge in [-0.1, -0.05) is 5.21 Å². The zero-order chi connectivity index (χ0) is 16.5. The molecular weight excluding hydrogens is 310 g/mol. The second kappa shape index (κ2) is 6.45. The molecule has 0 aromatic carbocycles. The highest BCUT2D eigenvalue weighted by Crippen LogP contribution is 2.43. The van der Waals surface area contributed by atoms with Crippen molar-refractivity contribution in [3.63, 3.8) is 0 Å². The molecule has 1 aliphatic heterocycles. The molecule has 1 N–H and O–H groups in total. The maximum Gasteiger partial charge on any atom is 0.182 e. The van der Waals surface area contributed by atoms with E-state index >= 15 is 0 Å². The first-order chi connectivity index (χ1) is 11.7. The van der Waals surface area contributed by atoms with Crippen molar-refractivity contribution in [1.29, 1.82) is 0 Å². The maximum absolute atomic E-state index is 9.93. The lowest BCUT2D eigenvalue weighted by Gasteiger charge is -2.22. The minimum Gasteiger partial charge on any atom is -0.504 e. The van der Waals surface area contributed by atoms with Crippen molar-refractivity contribution >= 4 is 0 Å². The van der Waals surface area contributed by atoms with Crippen LogP contribution >= 0.6 is 0 Å². The third kappa shape index (κ3) is 3.11. The highest BCUT2D eigenvalue weighted by atomic mass is 16.7. The number of nitrogens with zero attached hydrogens (tertiary/aromatic N) is 5. The number of hydrogen-bond acceptors (Lipinski definition) is 7. The SMILES string of the molecule is Cn1nnc(-c2ncc(O)c(C3CC3)n2)c1COC1CCCCO1. The summed E-state index contributed by atoms with van der Waals surface area (Å²) in [6.45, 7) is 1.08. The van der Waals surface area contributed by atoms with E-state index in [0.717, 1.165) is 44.4 Å². The summed E-state index contributed by atoms with van der Waals surface area (Å²) >= 11 is 0. The number of aromatic hydroxyl groups is 1. The molecule has 0 bridgehead atoms. The largest absolute Gasteiger partial charge is 0.504 e. The first-order valence-corrected chi connectivity index (χ1v) is 8.40. The maximum atomic E-state index is 9.93. The number of aromatic nitrogens is 5. The summed E-state index contributed by atoms with van der Waals surface area (Å²) in [5, 5.41) is 18.2. The van der Waals surface area contributed by atoms with Gasteiger partial charge in [-0.2, -0.15) is 0 Å². The number of aryl methyl sites for hydroxylation is 1. The van der Waals surface area contributed by atoms with E-state index < -0.39 is 0 Å². The summed E-state index contributed by atoms with van der Waals surface area (Å²) in [6, 6.07) is 0. The van der Waals surface area contributed by atoms with Crippen LogP contribution in [0.5, 0.6) is 5.75 Å². The molecule has 24 heavy (non-hydrogen) atoms. The van der Waals surface area contributed by atoms with Gasteiger partial charge in [-0.3, -0.25) is 0 Å². The van der Waals surface area contributed by atoms with Gasteiger partial charge in [0.1, 0.15) is 0 Å². The molecule has 1 atom stereocenters. The molecule has 1 aliphatic carbocycles. The van der Waals surface area contributed by atoms with E-state index in [1.807, 2.05) is 7.05 Å². The van der Waals surface area contributed by atoms with E-state index in [2.05, 4.69) is 20.3 Å². The lowest BCUT2D eigenvalue weighted by molar-refractivity contribution is -0.169. The van der Waals surface area contributed by atoms with Crippen LogP contribution in [-0.4, -0.2) is 43.0 Å². The van der Waals surface area contributed by atoms with E-state index in [9.17, 15) is 5.11 Å². The zero-order valence-corrected chi connectivity index (χ0v) is 13.7. The molecule has 1 saturated carbocycles. The minimum atomic E-state index is -0.177. The quantitative estimate of drug-likeness (QED) is 0.894. The van der Waals surface area contributed by atoms with Crippen molar-refractivity contribution in [1.82, 2.24) is 25.0 Å². The Bertz CT molecular complexity index is 722. The van der Waals surface area contributed by atoms with Crippen LogP contribution < -0.4 is 0 Å². The van der Waals surface area contributed by atoms with Crippen LogP contribution in [0.4, 0.5) is 0 Å². The van der Waals surface area contributed by atoms with Crippen molar-refractivity contribution in [2.75, 3.05) is 6.61 Å². The molecule has 0 spiro atoms. The smallest absolute Gasteiger partial charge is 0.182 e. The van der Waals surface area contributed by atoms with Crippen molar-refractivity contribution in [3.8, 4) is 17.3 Å². The third-order valence-electron chi connectivity index (χ3n) is 4.46. The van der Waals surface area contributed by atoms with Crippen LogP contribution in [0.2, 0.25) is 0 Å². The fraction of sp³-hybridized carbons (Fsp3) is 0.625. The van der Waals surface area contributed by atoms with Crippen molar-refractivity contribution in [2.24, 2.45) is 7.05 Å². The Morgan fingerprint density at radius 2 is 2.21 bits per heavy atom. The van der Waals surface area contributed by atoms with Gasteiger partial charge in [0.15, 0.2) is 23.6 Å². The van der Waals surface area contributed by atoms with E-state index in [1.165, 1.54) is 6.20 Å². The zero-order valence-electron chi connectivity index (χ0n) is 13.7. The lowest BCUT2D eigenvalue weighted by Crippen LogP contribution is -2.22. The first kappa shape index (κ1) is 15.5. The molecule has 2 aliphatic rings. The Kier molecular flexibility index (Phi) is 4.15. The molecule has 0 amide bonds. The molecular formula is C16H21N5O3. The summed E-state index contributed by atoms with van der Waals surface area (Å²) in [5.41, 5.74) is 2.10. The lowest BCUT2D eigenvalue weighted by atomic mass is 10.2. The van der Waals surface area contributed by atoms with Crippen LogP contribution in [0.25, 0.3) is 11.5 Å². The minimum absolute atomic E-state index is 0.151. The number of ether oxygens (including phenoxy) is 2. The molecule has 1 saturated heterocycles. The van der Waals surface area contributed by atoms with E-state index in [4.69, 9.17) is 9.47 Å². The number of hydrogen-bond donors (Lipinski definition) is 1. The second-order valence-corrected chi connectivity index (χ2v) is 6.35. The number of rotatable bonds is 5. The molecule has 128 valence electrons. The Balaban J connectivity index is 1.56. The van der Waals surface area contributed by atoms with Gasteiger partial charge in [-0.25, -0.2) is 14.6 Å². The van der Waals surface area contributed by atoms with Crippen LogP contribution in [0.15, 0.2) is 6.20 Å². The predicted molar refractivity (Wildman–Crippen MR) is 84.0 cm³/mol. The predicted octanol–water partition coefficient (Wildman–Crippen LogP) is 1.90. The molecule has 2 fully saturated rings. The van der Waals surface area contributed by atoms with Crippen molar-refractivity contribution in [3.05, 3.63) is 17.6 Å². The van der Waals surface area contributed by atoms with E-state index in [1.54, 1.807) is 4.68 Å². The fourth-order valence-electron chi connectivity index (χ4n) is 2.89. The summed E-state index contributed by atoms with van der Waals surface area (Å²) in [6.07, 6.45) is 6.49. The Morgan fingerprint density at radius 1 is 1.33 bits per heavy atom. The normalized spacial score (nSPS) is 21.1. The van der Waals surface area contributed by atoms with Crippen molar-refractivity contribution in [2.45, 2.75) is 50.9 Å². The second-order valence-electron chi connectivity index (χ2n) is 6.35. The Labute approximate surface area is 139 Å². The average Bonchev–Trinajstić information content (AvgIpc) is 3.38. The average molecular weight is 331 g/mol. The van der Waals surface area contributed by atoms with Gasteiger partial charge in [0.2, 0.25) is 0 Å². The molecule has 4 rings (SSSR count). The highest BCUT2D eigenvalue weighted by molar-refractivity contribution is 5.53. The van der Waals surface area contributed by atoms with Gasteiger partial charge >= 0.3 is 0 Å². The van der Waals surface area contributed by atoms with Gasteiger partial charge in [-0.15, -0.1) is 5.10 Å². The molecule has 3 heterocycles. The Morgan fingerprint density at radius 3 is 2.96 bits per heavy atom. The Hall–Kier alpha value is -2.06. The van der Waals surface area contributed by atoms with E-state index in [-0.39, 0.29) is 12.0 Å². The van der Waals surface area contributed by atoms with Gasteiger partial charge in [-0.05, 0) is 32.1 Å². The van der Waals surface area contributed by atoms with Crippen LogP contribution in [0.3, 0.4) is 0 Å². The molecule has 2 aromatic heterocycles. The van der Waals surface area contributed by atoms with Gasteiger partial charge in [0.25, 0.3) is 0 Å². The van der Waals surface area contributed by atoms with Crippen LogP contribution in [0.1, 0.15) is 49.4 Å². The summed E-state index contributed by atoms with van der Waals surface area (Å²) in [7, 11) is 1.82. The summed E-state index contributed by atoms with van der Waals surface area (Å²) < 4.78 is 13.1. The van der Waals surface area contributed by atoms with Crippen LogP contribution in [0, 0.1) is 0 Å². The molecule has 0 radical (unpaired) electrons.